The van der Waals surface area contributed by atoms with E-state index in [0.29, 0.717) is 43.5 Å². The van der Waals surface area contributed by atoms with Crippen LogP contribution in [0.3, 0.4) is 0 Å². The van der Waals surface area contributed by atoms with E-state index in [9.17, 15) is 18.3 Å². The highest BCUT2D eigenvalue weighted by molar-refractivity contribution is 7.89. The Morgan fingerprint density at radius 2 is 1.83 bits per heavy atom. The number of ether oxygens (including phenoxy) is 4. The maximum absolute atomic E-state index is 12.1. The first-order valence-corrected chi connectivity index (χ1v) is 10.2. The largest absolute Gasteiger partial charge is 0.478 e. The molecule has 10 nitrogen and oxygen atoms in total. The van der Waals surface area contributed by atoms with Crippen molar-refractivity contribution in [3.63, 3.8) is 0 Å². The van der Waals surface area contributed by atoms with Gasteiger partial charge in [0.15, 0.2) is 11.5 Å². The van der Waals surface area contributed by atoms with Crippen molar-refractivity contribution >= 4 is 21.7 Å². The number of morpholine rings is 1. The second-order valence-electron chi connectivity index (χ2n) is 6.38. The Bertz CT molecular complexity index is 1060. The molecule has 0 bridgehead atoms. The zero-order chi connectivity index (χ0) is 20.6. The fourth-order valence-electron chi connectivity index (χ4n) is 3.16. The van der Waals surface area contributed by atoms with E-state index in [1.54, 1.807) is 23.1 Å². The molecule has 2 aromatic rings. The number of sulfonamides is 1. The third kappa shape index (κ3) is 3.92. The molecular weight excluding hydrogens is 404 g/mol. The summed E-state index contributed by atoms with van der Waals surface area (Å²) < 4.78 is 45.9. The van der Waals surface area contributed by atoms with Crippen molar-refractivity contribution in [2.75, 3.05) is 38.0 Å². The molecule has 0 radical (unpaired) electrons. The highest BCUT2D eigenvalue weighted by Crippen LogP contribution is 2.39. The molecule has 2 aromatic carbocycles. The fraction of sp³-hybridized carbons (Fsp3) is 0.278. The number of carboxylic acid groups (broad SMARTS) is 1. The molecule has 4 rings (SSSR count). The molecule has 1 fully saturated rings. The van der Waals surface area contributed by atoms with E-state index < -0.39 is 20.9 Å². The molecule has 0 saturated carbocycles. The first kappa shape index (κ1) is 19.3. The van der Waals surface area contributed by atoms with Crippen LogP contribution in [0.15, 0.2) is 35.2 Å². The molecule has 0 amide bonds. The van der Waals surface area contributed by atoms with Gasteiger partial charge in [0.2, 0.25) is 16.8 Å². The molecule has 0 spiro atoms. The van der Waals surface area contributed by atoms with Crippen LogP contribution in [-0.4, -0.2) is 52.6 Å². The van der Waals surface area contributed by atoms with Crippen molar-refractivity contribution in [1.29, 1.82) is 0 Å². The second-order valence-corrected chi connectivity index (χ2v) is 7.91. The highest BCUT2D eigenvalue weighted by Gasteiger charge is 2.26. The van der Waals surface area contributed by atoms with E-state index in [0.717, 1.165) is 6.07 Å². The summed E-state index contributed by atoms with van der Waals surface area (Å²) in [7, 11) is -4.26. The van der Waals surface area contributed by atoms with Crippen LogP contribution in [0.4, 0.5) is 5.69 Å². The summed E-state index contributed by atoms with van der Waals surface area (Å²) in [5.74, 6) is -0.0755. The molecule has 2 aliphatic heterocycles. The fourth-order valence-corrected chi connectivity index (χ4v) is 3.82. The summed E-state index contributed by atoms with van der Waals surface area (Å²) in [5, 5.41) is 14.9. The number of nitrogens with zero attached hydrogens (tertiary/aromatic N) is 1. The van der Waals surface area contributed by atoms with Gasteiger partial charge in [0.25, 0.3) is 0 Å². The van der Waals surface area contributed by atoms with E-state index >= 15 is 0 Å². The maximum atomic E-state index is 12.1. The number of rotatable bonds is 5. The van der Waals surface area contributed by atoms with Gasteiger partial charge in [0.05, 0.1) is 24.5 Å². The van der Waals surface area contributed by atoms with Gasteiger partial charge in [-0.15, -0.1) is 0 Å². The van der Waals surface area contributed by atoms with E-state index in [2.05, 4.69) is 0 Å². The van der Waals surface area contributed by atoms with Crippen molar-refractivity contribution in [2.24, 2.45) is 5.14 Å². The monoisotopic (exact) mass is 422 g/mol. The Morgan fingerprint density at radius 1 is 1.10 bits per heavy atom. The number of aromatic carboxylic acids is 1. The average molecular weight is 422 g/mol. The molecule has 0 atom stereocenters. The Balaban J connectivity index is 1.81. The molecule has 29 heavy (non-hydrogen) atoms. The molecule has 2 heterocycles. The number of fused-ring (bicyclic) bond motifs is 1. The van der Waals surface area contributed by atoms with Gasteiger partial charge < -0.3 is 29.0 Å². The Morgan fingerprint density at radius 3 is 2.52 bits per heavy atom. The van der Waals surface area contributed by atoms with Crippen LogP contribution in [0.25, 0.3) is 0 Å². The van der Waals surface area contributed by atoms with E-state index in [-0.39, 0.29) is 23.9 Å². The first-order chi connectivity index (χ1) is 13.8. The summed E-state index contributed by atoms with van der Waals surface area (Å²) in [6.45, 7) is 1.84. The number of carbonyl (C=O) groups is 1. The smallest absolute Gasteiger partial charge is 0.337 e. The number of benzene rings is 2. The van der Waals surface area contributed by atoms with Gasteiger partial charge in [-0.1, -0.05) is 0 Å². The third-order valence-corrected chi connectivity index (χ3v) is 5.45. The minimum absolute atomic E-state index is 0.0791. The molecule has 154 valence electrons. The molecule has 11 heteroatoms. The lowest BCUT2D eigenvalue weighted by molar-refractivity contribution is 0.0696. The van der Waals surface area contributed by atoms with Gasteiger partial charge in [-0.3, -0.25) is 0 Å². The molecule has 2 aliphatic rings. The number of primary sulfonamides is 1. The van der Waals surface area contributed by atoms with Crippen LogP contribution >= 0.6 is 0 Å². The number of hydrogen-bond acceptors (Lipinski definition) is 8. The Kier molecular flexibility index (Phi) is 4.94. The van der Waals surface area contributed by atoms with Crippen molar-refractivity contribution in [2.45, 2.75) is 4.90 Å². The summed E-state index contributed by atoms with van der Waals surface area (Å²) in [6, 6.07) is 7.15. The molecule has 0 aromatic heterocycles. The standard InChI is InChI=1S/C18H18N2O8S/c19-29(23,24)17-8-12(18(21)22)13(20-3-5-25-6-4-20)9-16(17)28-11-1-2-14-15(7-11)27-10-26-14/h1-2,7-9H,3-6,10H2,(H,21,22)(H2,19,23,24). The predicted octanol–water partition coefficient (Wildman–Crippen LogP) is 1.39. The molecule has 0 unspecified atom stereocenters. The second kappa shape index (κ2) is 7.43. The van der Waals surface area contributed by atoms with Crippen LogP contribution in [0.1, 0.15) is 10.4 Å². The lowest BCUT2D eigenvalue weighted by atomic mass is 10.1. The predicted molar refractivity (Wildman–Crippen MR) is 100 cm³/mol. The zero-order valence-corrected chi connectivity index (χ0v) is 16.0. The van der Waals surface area contributed by atoms with Crippen LogP contribution in [-0.2, 0) is 14.8 Å². The molecular formula is C18H18N2O8S. The van der Waals surface area contributed by atoms with Crippen molar-refractivity contribution in [1.82, 2.24) is 0 Å². The summed E-state index contributed by atoms with van der Waals surface area (Å²) in [5.41, 5.74) is 0.137. The minimum Gasteiger partial charge on any atom is -0.478 e. The van der Waals surface area contributed by atoms with Gasteiger partial charge in [0.1, 0.15) is 16.4 Å². The lowest BCUT2D eigenvalue weighted by Gasteiger charge is -2.30. The van der Waals surface area contributed by atoms with Crippen LogP contribution in [0.2, 0.25) is 0 Å². The van der Waals surface area contributed by atoms with Gasteiger partial charge in [-0.2, -0.15) is 0 Å². The molecule has 0 aliphatic carbocycles. The topological polar surface area (TPSA) is 138 Å². The summed E-state index contributed by atoms with van der Waals surface area (Å²) >= 11 is 0. The van der Waals surface area contributed by atoms with Crippen molar-refractivity contribution in [3.05, 3.63) is 35.9 Å². The number of nitrogens with two attached hydrogens (primary N) is 1. The maximum Gasteiger partial charge on any atom is 0.337 e. The number of hydrogen-bond donors (Lipinski definition) is 2. The van der Waals surface area contributed by atoms with E-state index in [1.807, 2.05) is 0 Å². The Hall–Kier alpha value is -3.02. The van der Waals surface area contributed by atoms with Crippen LogP contribution in [0.5, 0.6) is 23.0 Å². The van der Waals surface area contributed by atoms with Gasteiger partial charge in [-0.25, -0.2) is 18.4 Å². The quantitative estimate of drug-likeness (QED) is 0.732. The molecule has 3 N–H and O–H groups in total. The highest BCUT2D eigenvalue weighted by atomic mass is 32.2. The van der Waals surface area contributed by atoms with Gasteiger partial charge >= 0.3 is 5.97 Å². The molecule has 1 saturated heterocycles. The lowest BCUT2D eigenvalue weighted by Crippen LogP contribution is -2.37. The number of carboxylic acids is 1. The van der Waals surface area contributed by atoms with Crippen molar-refractivity contribution in [3.8, 4) is 23.0 Å². The van der Waals surface area contributed by atoms with E-state index in [4.69, 9.17) is 24.1 Å². The average Bonchev–Trinajstić information content (AvgIpc) is 3.15. The van der Waals surface area contributed by atoms with Gasteiger partial charge in [-0.05, 0) is 18.2 Å². The van der Waals surface area contributed by atoms with E-state index in [1.165, 1.54) is 6.07 Å². The summed E-state index contributed by atoms with van der Waals surface area (Å²) in [6.07, 6.45) is 0. The SMILES string of the molecule is NS(=O)(=O)c1cc(C(=O)O)c(N2CCOCC2)cc1Oc1ccc2c(c1)OCO2. The zero-order valence-electron chi connectivity index (χ0n) is 15.2. The first-order valence-electron chi connectivity index (χ1n) is 8.67. The van der Waals surface area contributed by atoms with Gasteiger partial charge in [0, 0.05) is 25.2 Å². The summed E-state index contributed by atoms with van der Waals surface area (Å²) in [4.78, 5) is 13.1. The normalized spacial score (nSPS) is 16.0. The number of anilines is 1. The Labute approximate surface area is 166 Å². The van der Waals surface area contributed by atoms with Crippen LogP contribution in [0, 0.1) is 0 Å². The van der Waals surface area contributed by atoms with Crippen molar-refractivity contribution < 1.29 is 37.3 Å². The third-order valence-electron chi connectivity index (χ3n) is 4.52. The minimum atomic E-state index is -4.26. The van der Waals surface area contributed by atoms with Crippen LogP contribution < -0.4 is 24.2 Å².